The van der Waals surface area contributed by atoms with Gasteiger partial charge in [-0.3, -0.25) is 0 Å². The van der Waals surface area contributed by atoms with Crippen molar-refractivity contribution in [1.29, 1.82) is 0 Å². The molecule has 2 aromatic heterocycles. The van der Waals surface area contributed by atoms with Crippen LogP contribution in [0.15, 0.2) is 42.6 Å². The highest BCUT2D eigenvalue weighted by Crippen LogP contribution is 2.31. The summed E-state index contributed by atoms with van der Waals surface area (Å²) in [5.41, 5.74) is 0.445. The predicted molar refractivity (Wildman–Crippen MR) is 122 cm³/mol. The molecule has 2 aliphatic rings. The van der Waals surface area contributed by atoms with Gasteiger partial charge in [-0.1, -0.05) is 11.6 Å². The SMILES string of the molecule is Fc1ccc(-c2cc(N3CCN(c4ncccc4F)C[C@H]3Cl)nc(N3CCCC3)n2)cc1F. The van der Waals surface area contributed by atoms with E-state index in [1.807, 2.05) is 9.80 Å². The summed E-state index contributed by atoms with van der Waals surface area (Å²) < 4.78 is 41.6. The van der Waals surface area contributed by atoms with Crippen molar-refractivity contribution < 1.29 is 13.2 Å². The van der Waals surface area contributed by atoms with Crippen LogP contribution in [0.2, 0.25) is 0 Å². The average Bonchev–Trinajstić information content (AvgIpc) is 3.36. The van der Waals surface area contributed by atoms with Crippen LogP contribution >= 0.6 is 11.6 Å². The van der Waals surface area contributed by atoms with E-state index >= 15 is 0 Å². The van der Waals surface area contributed by atoms with Crippen LogP contribution in [-0.4, -0.2) is 53.2 Å². The first-order valence-electron chi connectivity index (χ1n) is 10.9. The minimum absolute atomic E-state index is 0.269. The van der Waals surface area contributed by atoms with E-state index < -0.39 is 23.0 Å². The summed E-state index contributed by atoms with van der Waals surface area (Å²) in [4.78, 5) is 19.3. The van der Waals surface area contributed by atoms with E-state index in [1.165, 1.54) is 12.1 Å². The van der Waals surface area contributed by atoms with Crippen molar-refractivity contribution in [3.63, 3.8) is 0 Å². The number of benzene rings is 1. The van der Waals surface area contributed by atoms with Gasteiger partial charge < -0.3 is 14.7 Å². The molecule has 3 aromatic rings. The Kier molecular flexibility index (Phi) is 5.97. The molecule has 2 aliphatic heterocycles. The predicted octanol–water partition coefficient (Wildman–Crippen LogP) is 4.45. The maximum absolute atomic E-state index is 14.2. The molecule has 1 atom stereocenters. The van der Waals surface area contributed by atoms with Gasteiger partial charge in [0.05, 0.1) is 12.2 Å². The van der Waals surface area contributed by atoms with E-state index in [1.54, 1.807) is 18.3 Å². The van der Waals surface area contributed by atoms with E-state index in [-0.39, 0.29) is 5.82 Å². The van der Waals surface area contributed by atoms with Crippen LogP contribution < -0.4 is 14.7 Å². The highest BCUT2D eigenvalue weighted by molar-refractivity contribution is 6.22. The molecular formula is C23H22ClF3N6. The number of nitrogens with zero attached hydrogens (tertiary/aromatic N) is 6. The first-order valence-corrected chi connectivity index (χ1v) is 11.3. The third-order valence-electron chi connectivity index (χ3n) is 5.96. The summed E-state index contributed by atoms with van der Waals surface area (Å²) >= 11 is 6.72. The molecule has 0 radical (unpaired) electrons. The van der Waals surface area contributed by atoms with Gasteiger partial charge in [0.25, 0.3) is 0 Å². The van der Waals surface area contributed by atoms with Gasteiger partial charge in [-0.15, -0.1) is 0 Å². The summed E-state index contributed by atoms with van der Waals surface area (Å²) in [5, 5.41) is 0. The Balaban J connectivity index is 1.47. The molecule has 1 aromatic carbocycles. The van der Waals surface area contributed by atoms with Crippen molar-refractivity contribution in [3.05, 3.63) is 60.0 Å². The molecule has 172 valence electrons. The number of piperazine rings is 1. The van der Waals surface area contributed by atoms with Crippen LogP contribution in [-0.2, 0) is 0 Å². The van der Waals surface area contributed by atoms with Gasteiger partial charge in [-0.05, 0) is 43.2 Å². The van der Waals surface area contributed by atoms with E-state index in [0.29, 0.717) is 42.7 Å². The smallest absolute Gasteiger partial charge is 0.227 e. The summed E-state index contributed by atoms with van der Waals surface area (Å²) in [6.07, 6.45) is 3.63. The Hall–Kier alpha value is -3.07. The number of halogens is 4. The lowest BCUT2D eigenvalue weighted by Gasteiger charge is -2.40. The molecular weight excluding hydrogens is 453 g/mol. The molecule has 0 bridgehead atoms. The van der Waals surface area contributed by atoms with Crippen LogP contribution in [0.3, 0.4) is 0 Å². The second-order valence-electron chi connectivity index (χ2n) is 8.12. The molecule has 10 heteroatoms. The minimum Gasteiger partial charge on any atom is -0.349 e. The molecule has 0 aliphatic carbocycles. The number of aromatic nitrogens is 3. The molecule has 6 nitrogen and oxygen atoms in total. The number of rotatable bonds is 4. The summed E-state index contributed by atoms with van der Waals surface area (Å²) in [6, 6.07) is 8.38. The van der Waals surface area contributed by atoms with Crippen molar-refractivity contribution in [1.82, 2.24) is 15.0 Å². The Morgan fingerprint density at radius 2 is 1.67 bits per heavy atom. The quantitative estimate of drug-likeness (QED) is 0.411. The van der Waals surface area contributed by atoms with Gasteiger partial charge in [-0.2, -0.15) is 4.98 Å². The minimum atomic E-state index is -0.934. The third-order valence-corrected chi connectivity index (χ3v) is 6.33. The molecule has 0 saturated carbocycles. The highest BCUT2D eigenvalue weighted by Gasteiger charge is 2.30. The van der Waals surface area contributed by atoms with Crippen LogP contribution in [0.4, 0.5) is 30.8 Å². The zero-order valence-corrected chi connectivity index (χ0v) is 18.5. The Morgan fingerprint density at radius 1 is 0.848 bits per heavy atom. The molecule has 4 heterocycles. The Morgan fingerprint density at radius 3 is 2.39 bits per heavy atom. The van der Waals surface area contributed by atoms with Gasteiger partial charge in [-0.25, -0.2) is 23.1 Å². The molecule has 33 heavy (non-hydrogen) atoms. The van der Waals surface area contributed by atoms with Gasteiger partial charge in [0.15, 0.2) is 23.3 Å². The fraction of sp³-hybridized carbons (Fsp3) is 0.348. The summed E-state index contributed by atoms with van der Waals surface area (Å²) in [7, 11) is 0. The standard InChI is InChI=1S/C23H22ClF3N6/c24-20-14-32(22-17(26)4-3-7-28-22)10-11-33(20)21-13-19(15-5-6-16(25)18(27)12-15)29-23(30-21)31-8-1-2-9-31/h3-7,12-13,20H,1-2,8-11,14H2/t20-/m0/s1. The molecule has 2 fully saturated rings. The van der Waals surface area contributed by atoms with Crippen molar-refractivity contribution in [2.24, 2.45) is 0 Å². The summed E-state index contributed by atoms with van der Waals surface area (Å²) in [5.74, 6) is -0.845. The number of anilines is 3. The van der Waals surface area contributed by atoms with Crippen molar-refractivity contribution >= 4 is 29.2 Å². The van der Waals surface area contributed by atoms with Crippen molar-refractivity contribution in [2.45, 2.75) is 18.3 Å². The van der Waals surface area contributed by atoms with Gasteiger partial charge in [0, 0.05) is 44.0 Å². The lowest BCUT2D eigenvalue weighted by molar-refractivity contribution is 0.509. The van der Waals surface area contributed by atoms with Crippen LogP contribution in [0, 0.1) is 17.5 Å². The average molecular weight is 475 g/mol. The monoisotopic (exact) mass is 474 g/mol. The first kappa shape index (κ1) is 21.8. The molecule has 0 N–H and O–H groups in total. The number of hydrogen-bond donors (Lipinski definition) is 0. The molecule has 2 saturated heterocycles. The van der Waals surface area contributed by atoms with E-state index in [0.717, 1.165) is 38.1 Å². The molecule has 5 rings (SSSR count). The summed E-state index contributed by atoms with van der Waals surface area (Å²) in [6.45, 7) is 2.99. The Bertz CT molecular complexity index is 1160. The maximum atomic E-state index is 14.2. The Labute approximate surface area is 194 Å². The van der Waals surface area contributed by atoms with Gasteiger partial charge >= 0.3 is 0 Å². The van der Waals surface area contributed by atoms with Crippen LogP contribution in [0.1, 0.15) is 12.8 Å². The lowest BCUT2D eigenvalue weighted by Crippen LogP contribution is -2.52. The zero-order valence-electron chi connectivity index (χ0n) is 17.8. The highest BCUT2D eigenvalue weighted by atomic mass is 35.5. The lowest BCUT2D eigenvalue weighted by atomic mass is 10.1. The maximum Gasteiger partial charge on any atom is 0.227 e. The molecule has 0 unspecified atom stereocenters. The van der Waals surface area contributed by atoms with Crippen molar-refractivity contribution in [3.8, 4) is 11.3 Å². The van der Waals surface area contributed by atoms with Crippen molar-refractivity contribution in [2.75, 3.05) is 47.4 Å². The van der Waals surface area contributed by atoms with Gasteiger partial charge in [0.2, 0.25) is 5.95 Å². The van der Waals surface area contributed by atoms with E-state index in [4.69, 9.17) is 16.6 Å². The van der Waals surface area contributed by atoms with E-state index in [2.05, 4.69) is 14.9 Å². The number of alkyl halides is 1. The zero-order chi connectivity index (χ0) is 22.9. The third kappa shape index (κ3) is 4.42. The van der Waals surface area contributed by atoms with Crippen LogP contribution in [0.25, 0.3) is 11.3 Å². The second-order valence-corrected chi connectivity index (χ2v) is 8.62. The second kappa shape index (κ2) is 9.05. The largest absolute Gasteiger partial charge is 0.349 e. The molecule has 0 spiro atoms. The molecule has 0 amide bonds. The van der Waals surface area contributed by atoms with Crippen LogP contribution in [0.5, 0.6) is 0 Å². The topological polar surface area (TPSA) is 48.4 Å². The number of hydrogen-bond acceptors (Lipinski definition) is 6. The van der Waals surface area contributed by atoms with Gasteiger partial charge in [0.1, 0.15) is 11.3 Å². The fourth-order valence-corrected chi connectivity index (χ4v) is 4.60. The number of pyridine rings is 1. The normalized spacial score (nSPS) is 18.8. The first-order chi connectivity index (χ1) is 16.0. The van der Waals surface area contributed by atoms with E-state index in [9.17, 15) is 13.2 Å². The fourth-order valence-electron chi connectivity index (χ4n) is 4.23.